The predicted octanol–water partition coefficient (Wildman–Crippen LogP) is 4.90. The van der Waals surface area contributed by atoms with Crippen LogP contribution in [0, 0.1) is 12.7 Å². The SMILES string of the molecule is Cc1cc(NC(=O)C(Nc2cccc(CN)c2)c2ccccc2F)ccc1N1CCCCC1=O. The second kappa shape index (κ2) is 10.5. The number of hydrogen-bond acceptors (Lipinski definition) is 4. The minimum Gasteiger partial charge on any atom is -0.370 e. The number of carbonyl (C=O) groups is 2. The van der Waals surface area contributed by atoms with Gasteiger partial charge in [0.1, 0.15) is 11.9 Å². The molecule has 4 rings (SSSR count). The van der Waals surface area contributed by atoms with Gasteiger partial charge in [-0.15, -0.1) is 0 Å². The molecule has 0 spiro atoms. The van der Waals surface area contributed by atoms with Crippen LogP contribution in [0.2, 0.25) is 0 Å². The van der Waals surface area contributed by atoms with E-state index in [1.807, 2.05) is 43.3 Å². The summed E-state index contributed by atoms with van der Waals surface area (Å²) >= 11 is 0. The van der Waals surface area contributed by atoms with Crippen LogP contribution < -0.4 is 21.3 Å². The first-order chi connectivity index (χ1) is 16.5. The Labute approximate surface area is 199 Å². The summed E-state index contributed by atoms with van der Waals surface area (Å²) in [4.78, 5) is 27.5. The maximum Gasteiger partial charge on any atom is 0.251 e. The molecule has 3 aromatic carbocycles. The van der Waals surface area contributed by atoms with Crippen molar-refractivity contribution in [2.24, 2.45) is 5.73 Å². The minimum atomic E-state index is -0.960. The molecule has 7 heteroatoms. The zero-order chi connectivity index (χ0) is 24.1. The van der Waals surface area contributed by atoms with E-state index in [1.54, 1.807) is 29.2 Å². The predicted molar refractivity (Wildman–Crippen MR) is 133 cm³/mol. The van der Waals surface area contributed by atoms with Crippen molar-refractivity contribution in [3.8, 4) is 0 Å². The highest BCUT2D eigenvalue weighted by Crippen LogP contribution is 2.29. The van der Waals surface area contributed by atoms with E-state index in [9.17, 15) is 14.0 Å². The summed E-state index contributed by atoms with van der Waals surface area (Å²) < 4.78 is 14.7. The largest absolute Gasteiger partial charge is 0.370 e. The lowest BCUT2D eigenvalue weighted by Crippen LogP contribution is -2.35. The molecule has 1 saturated heterocycles. The summed E-state index contributed by atoms with van der Waals surface area (Å²) in [5.74, 6) is -0.751. The standard InChI is InChI=1S/C27H29FN4O2/c1-18-15-21(12-13-24(18)32-14-5-4-11-25(32)33)31-27(34)26(22-9-2-3-10-23(22)28)30-20-8-6-7-19(16-20)17-29/h2-3,6-10,12-13,15-16,26,30H,4-5,11,14,17,29H2,1H3,(H,31,34). The van der Waals surface area contributed by atoms with Crippen molar-refractivity contribution < 1.29 is 14.0 Å². The Morgan fingerprint density at radius 3 is 2.62 bits per heavy atom. The third kappa shape index (κ3) is 5.26. The van der Waals surface area contributed by atoms with Crippen LogP contribution in [0.5, 0.6) is 0 Å². The van der Waals surface area contributed by atoms with Gasteiger partial charge in [0.05, 0.1) is 0 Å². The van der Waals surface area contributed by atoms with Gasteiger partial charge in [-0.25, -0.2) is 4.39 Å². The number of carbonyl (C=O) groups excluding carboxylic acids is 2. The second-order valence-electron chi connectivity index (χ2n) is 8.50. The molecule has 1 fully saturated rings. The third-order valence-corrected chi connectivity index (χ3v) is 6.03. The molecule has 1 aliphatic rings. The zero-order valence-corrected chi connectivity index (χ0v) is 19.2. The Kier molecular flexibility index (Phi) is 7.23. The maximum absolute atomic E-state index is 14.7. The highest BCUT2D eigenvalue weighted by Gasteiger charge is 2.25. The fraction of sp³-hybridized carbons (Fsp3) is 0.259. The highest BCUT2D eigenvalue weighted by atomic mass is 19.1. The van der Waals surface area contributed by atoms with Crippen LogP contribution in [0.1, 0.15) is 42.0 Å². The molecule has 0 aromatic heterocycles. The first-order valence-corrected chi connectivity index (χ1v) is 11.5. The van der Waals surface area contributed by atoms with E-state index in [-0.39, 0.29) is 11.5 Å². The Morgan fingerprint density at radius 2 is 1.88 bits per heavy atom. The number of nitrogens with one attached hydrogen (secondary N) is 2. The number of amides is 2. The fourth-order valence-corrected chi connectivity index (χ4v) is 4.26. The lowest BCUT2D eigenvalue weighted by atomic mass is 10.0. The Hall–Kier alpha value is -3.71. The number of piperidine rings is 1. The van der Waals surface area contributed by atoms with Crippen LogP contribution in [-0.2, 0) is 16.1 Å². The maximum atomic E-state index is 14.7. The van der Waals surface area contributed by atoms with Crippen LogP contribution in [0.15, 0.2) is 66.7 Å². The molecule has 1 heterocycles. The van der Waals surface area contributed by atoms with Crippen molar-refractivity contribution in [1.82, 2.24) is 0 Å². The summed E-state index contributed by atoms with van der Waals surface area (Å²) in [6, 6.07) is 18.1. The van der Waals surface area contributed by atoms with Crippen molar-refractivity contribution >= 4 is 28.9 Å². The van der Waals surface area contributed by atoms with Crippen molar-refractivity contribution in [3.05, 3.63) is 89.2 Å². The Balaban J connectivity index is 1.58. The van der Waals surface area contributed by atoms with E-state index in [1.165, 1.54) is 6.07 Å². The molecular formula is C27H29FN4O2. The summed E-state index contributed by atoms with van der Waals surface area (Å²) in [6.45, 7) is 2.97. The first kappa shape index (κ1) is 23.4. The molecule has 34 heavy (non-hydrogen) atoms. The molecule has 176 valence electrons. The smallest absolute Gasteiger partial charge is 0.251 e. The Bertz CT molecular complexity index is 1200. The van der Waals surface area contributed by atoms with Gasteiger partial charge in [-0.1, -0.05) is 30.3 Å². The van der Waals surface area contributed by atoms with E-state index in [0.717, 1.165) is 29.7 Å². The van der Waals surface area contributed by atoms with Crippen molar-refractivity contribution in [1.29, 1.82) is 0 Å². The average molecular weight is 461 g/mol. The number of halogens is 1. The first-order valence-electron chi connectivity index (χ1n) is 11.5. The van der Waals surface area contributed by atoms with Crippen molar-refractivity contribution in [2.75, 3.05) is 22.1 Å². The summed E-state index contributed by atoms with van der Waals surface area (Å²) in [5, 5.41) is 6.06. The van der Waals surface area contributed by atoms with Gasteiger partial charge in [0.25, 0.3) is 5.91 Å². The number of anilines is 3. The van der Waals surface area contributed by atoms with E-state index < -0.39 is 17.8 Å². The highest BCUT2D eigenvalue weighted by molar-refractivity contribution is 5.98. The zero-order valence-electron chi connectivity index (χ0n) is 19.2. The van der Waals surface area contributed by atoms with E-state index in [2.05, 4.69) is 10.6 Å². The topological polar surface area (TPSA) is 87.5 Å². The van der Waals surface area contributed by atoms with Gasteiger partial charge >= 0.3 is 0 Å². The molecule has 4 N–H and O–H groups in total. The normalized spacial score (nSPS) is 14.6. The van der Waals surface area contributed by atoms with Gasteiger partial charge < -0.3 is 21.3 Å². The molecule has 6 nitrogen and oxygen atoms in total. The molecule has 3 aromatic rings. The van der Waals surface area contributed by atoms with Crippen LogP contribution in [0.3, 0.4) is 0 Å². The van der Waals surface area contributed by atoms with Crippen molar-refractivity contribution in [3.63, 3.8) is 0 Å². The quantitative estimate of drug-likeness (QED) is 0.468. The van der Waals surface area contributed by atoms with Gasteiger partial charge in [-0.3, -0.25) is 9.59 Å². The molecule has 0 radical (unpaired) electrons. The van der Waals surface area contributed by atoms with Crippen LogP contribution >= 0.6 is 0 Å². The summed E-state index contributed by atoms with van der Waals surface area (Å²) in [6.07, 6.45) is 2.45. The van der Waals surface area contributed by atoms with Gasteiger partial charge in [0, 0.05) is 42.1 Å². The van der Waals surface area contributed by atoms with E-state index in [0.29, 0.717) is 30.9 Å². The lowest BCUT2D eigenvalue weighted by Gasteiger charge is -2.28. The number of nitrogens with two attached hydrogens (primary N) is 1. The molecule has 0 aliphatic carbocycles. The van der Waals surface area contributed by atoms with Gasteiger partial charge in [0.2, 0.25) is 5.91 Å². The minimum absolute atomic E-state index is 0.120. The third-order valence-electron chi connectivity index (χ3n) is 6.03. The molecular weight excluding hydrogens is 431 g/mol. The van der Waals surface area contributed by atoms with E-state index >= 15 is 0 Å². The number of hydrogen-bond donors (Lipinski definition) is 3. The second-order valence-corrected chi connectivity index (χ2v) is 8.50. The Morgan fingerprint density at radius 1 is 1.06 bits per heavy atom. The van der Waals surface area contributed by atoms with Crippen LogP contribution in [0.4, 0.5) is 21.5 Å². The number of benzene rings is 3. The van der Waals surface area contributed by atoms with Gasteiger partial charge in [-0.05, 0) is 67.3 Å². The van der Waals surface area contributed by atoms with Crippen LogP contribution in [-0.4, -0.2) is 18.4 Å². The van der Waals surface area contributed by atoms with Crippen molar-refractivity contribution in [2.45, 2.75) is 38.8 Å². The molecule has 1 atom stereocenters. The molecule has 2 amide bonds. The van der Waals surface area contributed by atoms with Gasteiger partial charge in [-0.2, -0.15) is 0 Å². The average Bonchev–Trinajstić information content (AvgIpc) is 2.84. The van der Waals surface area contributed by atoms with Gasteiger partial charge in [0.15, 0.2) is 0 Å². The number of rotatable bonds is 7. The monoisotopic (exact) mass is 460 g/mol. The van der Waals surface area contributed by atoms with Crippen LogP contribution in [0.25, 0.3) is 0 Å². The number of aryl methyl sites for hydroxylation is 1. The molecule has 0 saturated carbocycles. The number of nitrogens with zero attached hydrogens (tertiary/aromatic N) is 1. The lowest BCUT2D eigenvalue weighted by molar-refractivity contribution is -0.119. The molecule has 1 unspecified atom stereocenters. The fourth-order valence-electron chi connectivity index (χ4n) is 4.26. The van der Waals surface area contributed by atoms with E-state index in [4.69, 9.17) is 5.73 Å². The molecule has 1 aliphatic heterocycles. The summed E-state index contributed by atoms with van der Waals surface area (Å²) in [7, 11) is 0. The molecule has 0 bridgehead atoms. The summed E-state index contributed by atoms with van der Waals surface area (Å²) in [5.41, 5.74) is 9.87.